The SMILES string of the molecule is CC(C)C[C@H](N)C(=O)NC(Cc1ccccc1)C(=O)ONCCC(O)(P(=O)(O)O)P(=O)(O)O. The molecule has 188 valence electrons. The van der Waals surface area contributed by atoms with E-state index in [4.69, 9.17) is 30.1 Å². The minimum atomic E-state index is -5.64. The van der Waals surface area contributed by atoms with E-state index >= 15 is 0 Å². The molecular weight excluding hydrogens is 480 g/mol. The molecule has 1 unspecified atom stereocenters. The molecule has 1 rings (SSSR count). The average Bonchev–Trinajstić information content (AvgIpc) is 2.68. The molecule has 1 amide bonds. The van der Waals surface area contributed by atoms with E-state index < -0.39 is 57.2 Å². The zero-order valence-corrected chi connectivity index (χ0v) is 20.0. The van der Waals surface area contributed by atoms with Crippen LogP contribution in [0.5, 0.6) is 0 Å². The Hall–Kier alpha value is -1.66. The number of nitrogens with two attached hydrogens (primary N) is 1. The fourth-order valence-electron chi connectivity index (χ4n) is 2.81. The number of aliphatic hydroxyl groups is 1. The summed E-state index contributed by atoms with van der Waals surface area (Å²) in [5.41, 5.74) is 8.55. The molecule has 9 N–H and O–H groups in total. The maximum absolute atomic E-state index is 12.5. The number of hydrogen-bond acceptors (Lipinski definition) is 8. The van der Waals surface area contributed by atoms with Crippen LogP contribution < -0.4 is 16.5 Å². The zero-order chi connectivity index (χ0) is 25.4. The highest BCUT2D eigenvalue weighted by Gasteiger charge is 2.58. The highest BCUT2D eigenvalue weighted by atomic mass is 31.2. The molecule has 0 aromatic heterocycles. The van der Waals surface area contributed by atoms with Crippen LogP contribution in [-0.2, 0) is 30.0 Å². The van der Waals surface area contributed by atoms with Gasteiger partial charge in [-0.3, -0.25) is 13.9 Å². The van der Waals surface area contributed by atoms with Gasteiger partial charge in [-0.25, -0.2) is 4.79 Å². The summed E-state index contributed by atoms with van der Waals surface area (Å²) in [6.07, 6.45) is -0.722. The van der Waals surface area contributed by atoms with E-state index in [1.165, 1.54) is 0 Å². The number of carbonyl (C=O) groups excluding carboxylic acids is 2. The summed E-state index contributed by atoms with van der Waals surface area (Å²) in [6, 6.07) is 6.60. The van der Waals surface area contributed by atoms with Crippen molar-refractivity contribution in [3.05, 3.63) is 35.9 Å². The molecule has 0 aliphatic carbocycles. The second kappa shape index (κ2) is 12.2. The van der Waals surface area contributed by atoms with Crippen LogP contribution in [0.2, 0.25) is 0 Å². The Morgan fingerprint density at radius 2 is 1.64 bits per heavy atom. The molecular formula is C18H31N3O10P2. The molecule has 2 atom stereocenters. The molecule has 0 spiro atoms. The Morgan fingerprint density at radius 1 is 1.09 bits per heavy atom. The number of carbonyl (C=O) groups is 2. The first-order valence-corrected chi connectivity index (χ1v) is 13.2. The Kier molecular flexibility index (Phi) is 10.8. The third kappa shape index (κ3) is 8.90. The van der Waals surface area contributed by atoms with Crippen LogP contribution in [0.4, 0.5) is 0 Å². The van der Waals surface area contributed by atoms with E-state index in [-0.39, 0.29) is 12.3 Å². The summed E-state index contributed by atoms with van der Waals surface area (Å²) in [4.78, 5) is 66.2. The first-order valence-electron chi connectivity index (χ1n) is 9.95. The van der Waals surface area contributed by atoms with Gasteiger partial charge in [-0.15, -0.1) is 0 Å². The zero-order valence-electron chi connectivity index (χ0n) is 18.2. The van der Waals surface area contributed by atoms with Gasteiger partial charge < -0.3 is 40.6 Å². The van der Waals surface area contributed by atoms with E-state index in [9.17, 15) is 23.8 Å². The molecule has 0 aliphatic heterocycles. The lowest BCUT2D eigenvalue weighted by molar-refractivity contribution is -0.155. The van der Waals surface area contributed by atoms with Crippen molar-refractivity contribution in [2.75, 3.05) is 6.54 Å². The minimum absolute atomic E-state index is 0.0381. The lowest BCUT2D eigenvalue weighted by Crippen LogP contribution is -2.51. The van der Waals surface area contributed by atoms with Crippen molar-refractivity contribution < 1.29 is 48.2 Å². The van der Waals surface area contributed by atoms with Crippen LogP contribution in [0, 0.1) is 5.92 Å². The number of nitrogens with one attached hydrogen (secondary N) is 2. The average molecular weight is 511 g/mol. The van der Waals surface area contributed by atoms with E-state index in [1.54, 1.807) is 30.3 Å². The fourth-order valence-corrected chi connectivity index (χ4v) is 4.97. The molecule has 1 aromatic carbocycles. The number of amides is 1. The lowest BCUT2D eigenvalue weighted by Gasteiger charge is -2.29. The van der Waals surface area contributed by atoms with Crippen LogP contribution in [-0.4, -0.2) is 60.3 Å². The summed E-state index contributed by atoms with van der Waals surface area (Å²) >= 11 is 0. The molecule has 0 bridgehead atoms. The molecule has 0 fully saturated rings. The molecule has 0 saturated heterocycles. The summed E-state index contributed by atoms with van der Waals surface area (Å²) in [5, 5.41) is 8.67. The van der Waals surface area contributed by atoms with Gasteiger partial charge in [0.2, 0.25) is 5.91 Å². The molecule has 0 heterocycles. The van der Waals surface area contributed by atoms with Crippen LogP contribution in [0.1, 0.15) is 32.3 Å². The van der Waals surface area contributed by atoms with Gasteiger partial charge in [-0.1, -0.05) is 44.2 Å². The normalized spacial score (nSPS) is 14.6. The van der Waals surface area contributed by atoms with Gasteiger partial charge in [0.1, 0.15) is 6.04 Å². The number of benzene rings is 1. The first kappa shape index (κ1) is 29.4. The highest BCUT2D eigenvalue weighted by molar-refractivity contribution is 7.72. The van der Waals surface area contributed by atoms with Crippen molar-refractivity contribution in [3.8, 4) is 0 Å². The fraction of sp³-hybridized carbons (Fsp3) is 0.556. The Balaban J connectivity index is 2.84. The standard InChI is InChI=1S/C18H31N3O10P2/c1-12(2)10-14(19)16(22)21-15(11-13-6-4-3-5-7-13)17(23)31-20-9-8-18(24,32(25,26)27)33(28,29)30/h3-7,12,14-15,20,24H,8-11,19H2,1-2H3,(H,21,22)(H2,25,26,27)(H2,28,29,30)/t14-,15?/m0/s1. The maximum Gasteiger partial charge on any atom is 0.369 e. The lowest BCUT2D eigenvalue weighted by atomic mass is 10.0. The third-order valence-electron chi connectivity index (χ3n) is 4.61. The van der Waals surface area contributed by atoms with Gasteiger partial charge >= 0.3 is 21.2 Å². The molecule has 33 heavy (non-hydrogen) atoms. The third-order valence-corrected chi connectivity index (χ3v) is 8.49. The molecule has 1 aromatic rings. The van der Waals surface area contributed by atoms with Crippen molar-refractivity contribution in [2.24, 2.45) is 11.7 Å². The molecule has 13 nitrogen and oxygen atoms in total. The predicted molar refractivity (Wildman–Crippen MR) is 117 cm³/mol. The molecule has 0 radical (unpaired) electrons. The Bertz CT molecular complexity index is 865. The van der Waals surface area contributed by atoms with Gasteiger partial charge in [0.05, 0.1) is 6.04 Å². The topological polar surface area (TPSA) is 229 Å². The number of hydrogen-bond donors (Lipinski definition) is 8. The smallest absolute Gasteiger partial charge is 0.369 e. The quantitative estimate of drug-likeness (QED) is 0.0954. The monoisotopic (exact) mass is 511 g/mol. The van der Waals surface area contributed by atoms with Crippen molar-refractivity contribution in [1.82, 2.24) is 10.8 Å². The van der Waals surface area contributed by atoms with Crippen LogP contribution >= 0.6 is 15.2 Å². The summed E-state index contributed by atoms with van der Waals surface area (Å²) in [7, 11) is -11.3. The first-order chi connectivity index (χ1) is 15.1. The van der Waals surface area contributed by atoms with Gasteiger partial charge in [0.25, 0.3) is 5.08 Å². The summed E-state index contributed by atoms with van der Waals surface area (Å²) < 4.78 is 22.7. The van der Waals surface area contributed by atoms with Crippen LogP contribution in [0.15, 0.2) is 30.3 Å². The van der Waals surface area contributed by atoms with Crippen LogP contribution in [0.25, 0.3) is 0 Å². The maximum atomic E-state index is 12.5. The van der Waals surface area contributed by atoms with Gasteiger partial charge in [-0.05, 0) is 17.9 Å². The number of hydroxylamine groups is 1. The summed E-state index contributed by atoms with van der Waals surface area (Å²) in [5.74, 6) is -1.44. The second-order valence-corrected chi connectivity index (χ2v) is 11.9. The van der Waals surface area contributed by atoms with Gasteiger partial charge in [-0.2, -0.15) is 5.48 Å². The second-order valence-electron chi connectivity index (χ2n) is 7.91. The van der Waals surface area contributed by atoms with Crippen molar-refractivity contribution in [2.45, 2.75) is 50.3 Å². The van der Waals surface area contributed by atoms with Gasteiger partial charge in [0.15, 0.2) is 0 Å². The molecule has 0 aliphatic rings. The highest BCUT2D eigenvalue weighted by Crippen LogP contribution is 2.68. The van der Waals surface area contributed by atoms with Crippen molar-refractivity contribution in [3.63, 3.8) is 0 Å². The Labute approximate surface area is 191 Å². The summed E-state index contributed by atoms with van der Waals surface area (Å²) in [6.45, 7) is 3.05. The largest absolute Gasteiger partial charge is 0.369 e. The predicted octanol–water partition coefficient (Wildman–Crippen LogP) is -0.473. The van der Waals surface area contributed by atoms with E-state index in [1.807, 2.05) is 19.3 Å². The molecule has 15 heteroatoms. The number of rotatable bonds is 13. The van der Waals surface area contributed by atoms with E-state index in [0.717, 1.165) is 0 Å². The van der Waals surface area contributed by atoms with Crippen LogP contribution in [0.3, 0.4) is 0 Å². The van der Waals surface area contributed by atoms with E-state index in [2.05, 4.69) is 5.32 Å². The molecule has 0 saturated carbocycles. The van der Waals surface area contributed by atoms with Crippen molar-refractivity contribution in [1.29, 1.82) is 0 Å². The van der Waals surface area contributed by atoms with Gasteiger partial charge in [0, 0.05) is 19.4 Å². The van der Waals surface area contributed by atoms with Crippen molar-refractivity contribution >= 4 is 27.1 Å². The Morgan fingerprint density at radius 3 is 2.12 bits per heavy atom. The van der Waals surface area contributed by atoms with E-state index in [0.29, 0.717) is 12.0 Å². The minimum Gasteiger partial charge on any atom is -0.369 e.